The second-order valence-electron chi connectivity index (χ2n) is 22.3. The van der Waals surface area contributed by atoms with Gasteiger partial charge in [-0.2, -0.15) is 4.31 Å². The van der Waals surface area contributed by atoms with E-state index in [2.05, 4.69) is 102 Å². The van der Waals surface area contributed by atoms with Gasteiger partial charge in [-0.3, -0.25) is 32.5 Å². The fraction of sp³-hybridized carbons (Fsp3) is 0.695. The molecule has 10 N–H and O–H groups in total. The average Bonchev–Trinajstić information content (AvgIpc) is 1.70. The van der Waals surface area contributed by atoms with Crippen molar-refractivity contribution in [1.29, 1.82) is 0 Å². The Kier molecular flexibility index (Phi) is 39.1. The van der Waals surface area contributed by atoms with Crippen molar-refractivity contribution >= 4 is 69.1 Å². The van der Waals surface area contributed by atoms with Crippen molar-refractivity contribution in [2.75, 3.05) is 37.8 Å². The van der Waals surface area contributed by atoms with Crippen LogP contribution in [0.4, 0.5) is 5.82 Å². The summed E-state index contributed by atoms with van der Waals surface area (Å²) >= 11 is 1.16. The lowest BCUT2D eigenvalue weighted by atomic mass is 9.87. The number of carbonyl (C=O) groups excluding carboxylic acids is 3. The summed E-state index contributed by atoms with van der Waals surface area (Å²) in [6.45, 7) is 2.74. The summed E-state index contributed by atoms with van der Waals surface area (Å²) in [5.74, 6) is -1.02. The summed E-state index contributed by atoms with van der Waals surface area (Å²) < 4.78 is 62.7. The topological polar surface area (TPSA) is 364 Å². The Morgan fingerprint density at radius 3 is 1.75 bits per heavy atom. The van der Waals surface area contributed by atoms with Gasteiger partial charge in [0.15, 0.2) is 22.8 Å². The molecule has 0 bridgehead atoms. The number of aromatic nitrogens is 4. The van der Waals surface area contributed by atoms with Gasteiger partial charge in [0, 0.05) is 37.1 Å². The average molecular weight is 1300 g/mol. The summed E-state index contributed by atoms with van der Waals surface area (Å²) in [5.41, 5.74) is 4.30. The van der Waals surface area contributed by atoms with Crippen molar-refractivity contribution < 1.29 is 80.5 Å². The highest BCUT2D eigenvalue weighted by molar-refractivity contribution is 8.13. The van der Waals surface area contributed by atoms with E-state index in [1.54, 1.807) is 0 Å². The molecular weight excluding hydrogens is 1200 g/mol. The van der Waals surface area contributed by atoms with E-state index in [1.807, 2.05) is 0 Å². The van der Waals surface area contributed by atoms with Crippen LogP contribution in [0.3, 0.4) is 0 Å². The highest BCUT2D eigenvalue weighted by Gasteiger charge is 2.50. The monoisotopic (exact) mass is 1300 g/mol. The van der Waals surface area contributed by atoms with Crippen molar-refractivity contribution in [3.63, 3.8) is 0 Å². The fourth-order valence-electron chi connectivity index (χ4n) is 9.27. The van der Waals surface area contributed by atoms with Gasteiger partial charge < -0.3 is 50.9 Å². The molecule has 2 unspecified atom stereocenters. The summed E-state index contributed by atoms with van der Waals surface area (Å²) in [5, 5.41) is 26.8. The van der Waals surface area contributed by atoms with Gasteiger partial charge in [0.2, 0.25) is 11.8 Å². The molecule has 2 aromatic rings. The van der Waals surface area contributed by atoms with E-state index >= 15 is 0 Å². The van der Waals surface area contributed by atoms with Crippen molar-refractivity contribution in [3.8, 4) is 0 Å². The maximum absolute atomic E-state index is 12.8. The Morgan fingerprint density at radius 2 is 1.21 bits per heavy atom. The number of unbranched alkanes of at least 4 members (excludes halogenated alkanes) is 19. The van der Waals surface area contributed by atoms with Crippen LogP contribution in [0.25, 0.3) is 11.2 Å². The fourth-order valence-corrected chi connectivity index (χ4v) is 12.8. The molecule has 0 radical (unpaired) electrons. The van der Waals surface area contributed by atoms with E-state index in [0.29, 0.717) is 12.2 Å². The zero-order chi connectivity index (χ0) is 63.8. The highest BCUT2D eigenvalue weighted by Crippen LogP contribution is 2.61. The predicted molar refractivity (Wildman–Crippen MR) is 339 cm³/mol. The third-order valence-electron chi connectivity index (χ3n) is 14.2. The Balaban J connectivity index is 1.11. The van der Waals surface area contributed by atoms with Crippen LogP contribution < -0.4 is 16.4 Å². The number of nitrogens with zero attached hydrogens (tertiary/aromatic N) is 4. The number of ether oxygens (including phenoxy) is 1. The third-order valence-corrected chi connectivity index (χ3v) is 18.2. The molecular formula is C59H100N7O17P3S. The van der Waals surface area contributed by atoms with Crippen molar-refractivity contribution in [2.45, 2.75) is 225 Å². The third kappa shape index (κ3) is 34.9. The zero-order valence-corrected chi connectivity index (χ0v) is 54.7. The van der Waals surface area contributed by atoms with Gasteiger partial charge in [0.1, 0.15) is 36.3 Å². The molecule has 0 saturated carbocycles. The van der Waals surface area contributed by atoms with Crippen LogP contribution in [-0.4, -0.2) is 123 Å². The number of amides is 2. The number of aliphatic hydroxyl groups is 2. The lowest BCUT2D eigenvalue weighted by molar-refractivity contribution is -0.137. The van der Waals surface area contributed by atoms with Gasteiger partial charge in [-0.05, 0) is 51.4 Å². The van der Waals surface area contributed by atoms with Crippen molar-refractivity contribution in [1.82, 2.24) is 30.2 Å². The van der Waals surface area contributed by atoms with Crippen molar-refractivity contribution in [3.05, 3.63) is 73.4 Å². The van der Waals surface area contributed by atoms with Crippen LogP contribution in [0, 0.1) is 5.41 Å². The lowest BCUT2D eigenvalue weighted by Crippen LogP contribution is -2.46. The predicted octanol–water partition coefficient (Wildman–Crippen LogP) is 11.6. The molecule has 0 spiro atoms. The Labute approximate surface area is 518 Å². The number of nitrogen functional groups attached to an aromatic ring is 1. The molecule has 1 aliphatic heterocycles. The number of hydrogen-bond acceptors (Lipinski definition) is 18. The molecule has 494 valence electrons. The summed E-state index contributed by atoms with van der Waals surface area (Å²) in [6.07, 6.45) is 46.6. The maximum Gasteiger partial charge on any atom is 0.481 e. The summed E-state index contributed by atoms with van der Waals surface area (Å²) in [7, 11) is -16.4. The lowest BCUT2D eigenvalue weighted by Gasteiger charge is -2.30. The minimum absolute atomic E-state index is 0.0336. The molecule has 1 saturated heterocycles. The van der Waals surface area contributed by atoms with Crippen LogP contribution in [0.15, 0.2) is 73.4 Å². The molecule has 2 aromatic heterocycles. The quantitative estimate of drug-likeness (QED) is 0.0169. The first-order chi connectivity index (χ1) is 41.6. The molecule has 28 heteroatoms. The van der Waals surface area contributed by atoms with E-state index < -0.39 is 84.6 Å². The van der Waals surface area contributed by atoms with Gasteiger partial charge in [-0.1, -0.05) is 202 Å². The number of phosphoric acid groups is 3. The number of anilines is 1. The minimum Gasteiger partial charge on any atom is -0.386 e. The number of allylic oxidation sites excluding steroid dienone is 10. The molecule has 0 aromatic carbocycles. The van der Waals surface area contributed by atoms with Crippen LogP contribution in [-0.2, 0) is 50.7 Å². The smallest absolute Gasteiger partial charge is 0.386 e. The molecule has 3 heterocycles. The number of nitrogens with one attached hydrogen (secondary N) is 2. The highest BCUT2D eigenvalue weighted by atomic mass is 32.2. The molecule has 1 fully saturated rings. The Morgan fingerprint density at radius 1 is 0.701 bits per heavy atom. The largest absolute Gasteiger partial charge is 0.481 e. The summed E-state index contributed by atoms with van der Waals surface area (Å²) in [4.78, 5) is 88.9. The number of carbonyl (C=O) groups is 3. The number of hydrogen-bond donors (Lipinski definition) is 9. The molecule has 87 heavy (non-hydrogen) atoms. The van der Waals surface area contributed by atoms with Gasteiger partial charge in [-0.15, -0.1) is 0 Å². The number of fused-ring (bicyclic) bond motifs is 1. The standard InChI is InChI=1S/C59H100N7O17P3S/c1-4-5-6-7-8-9-10-11-12-13-14-15-16-17-18-19-20-21-22-23-24-25-26-27-28-29-30-31-32-33-34-35-36-37-38-39-50(68)87-43-42-61-49(67)40-41-62-57(71)54(70)59(2,3)45-80-86(77,78)83-85(75,76)79-44-48-53(82-84(72,73)74)52(69)58(81-48)66-47-65-51-55(60)63-46-64-56(51)66/h5-6,8-9,11-12,14-15,17-18,46-48,52-54,58,69-70H,4,7,10,13,16,19-45H2,1-3H3,(H,61,67)(H,62,71)(H,75,76)(H,77,78)(H2,60,63,64)(H2,72,73,74)/b6-5-,9-8-,12-11-,15-14-,18-17-/t48-,52-,53-,54+,58-/m1/s1. The van der Waals surface area contributed by atoms with Crippen LogP contribution >= 0.6 is 35.2 Å². The number of nitrogens with two attached hydrogens (primary N) is 1. The van der Waals surface area contributed by atoms with Gasteiger partial charge in [-0.25, -0.2) is 28.6 Å². The zero-order valence-electron chi connectivity index (χ0n) is 51.2. The Bertz CT molecular complexity index is 2600. The maximum atomic E-state index is 12.8. The van der Waals surface area contributed by atoms with Crippen LogP contribution in [0.5, 0.6) is 0 Å². The first-order valence-electron chi connectivity index (χ1n) is 30.9. The van der Waals surface area contributed by atoms with Crippen molar-refractivity contribution in [2.24, 2.45) is 5.41 Å². The second kappa shape index (κ2) is 43.9. The second-order valence-corrected chi connectivity index (χ2v) is 27.6. The van der Waals surface area contributed by atoms with E-state index in [1.165, 1.54) is 123 Å². The van der Waals surface area contributed by atoms with E-state index in [-0.39, 0.29) is 41.6 Å². The normalized spacial score (nSPS) is 18.7. The van der Waals surface area contributed by atoms with Gasteiger partial charge in [0.05, 0.1) is 19.5 Å². The Hall–Kier alpha value is -3.74. The van der Waals surface area contributed by atoms with Gasteiger partial charge in [0.25, 0.3) is 0 Å². The molecule has 7 atom stereocenters. The number of rotatable bonds is 50. The number of aliphatic hydroxyl groups excluding tert-OH is 2. The van der Waals surface area contributed by atoms with E-state index in [9.17, 15) is 57.9 Å². The first-order valence-corrected chi connectivity index (χ1v) is 36.4. The molecule has 2 amide bonds. The molecule has 1 aliphatic rings. The number of imidazole rings is 1. The SMILES string of the molecule is CC/C=C\C/C=C\C/C=C\C/C=C\C/C=C\CCCCCCCCCCCCCCCCCCCCCC(=O)SCCNC(=O)CCNC(=O)[C@H](O)C(C)(C)COP(=O)(O)OP(=O)(O)OC[C@H]1O[C@@H](n2cnc3c(N)ncnc32)[C@H](O)[C@@H]1OP(=O)(O)O. The van der Waals surface area contributed by atoms with E-state index in [4.69, 9.17) is 19.5 Å². The van der Waals surface area contributed by atoms with Crippen LogP contribution in [0.2, 0.25) is 0 Å². The molecule has 0 aliphatic carbocycles. The van der Waals surface area contributed by atoms with Crippen LogP contribution in [0.1, 0.15) is 200 Å². The summed E-state index contributed by atoms with van der Waals surface area (Å²) in [6, 6.07) is 0. The minimum atomic E-state index is -5.58. The number of phosphoric ester groups is 3. The first kappa shape index (κ1) is 77.5. The van der Waals surface area contributed by atoms with E-state index in [0.717, 1.165) is 80.4 Å². The van der Waals surface area contributed by atoms with Gasteiger partial charge >= 0.3 is 23.5 Å². The number of thioether (sulfide) groups is 1. The molecule has 24 nitrogen and oxygen atoms in total. The molecule has 3 rings (SSSR count).